The fraction of sp³-hybridized carbons (Fsp3) is 0.400. The second-order valence-corrected chi connectivity index (χ2v) is 1.94. The van der Waals surface area contributed by atoms with Crippen molar-refractivity contribution in [2.75, 3.05) is 0 Å². The van der Waals surface area contributed by atoms with Crippen molar-refractivity contribution in [2.45, 2.75) is 13.2 Å². The van der Waals surface area contributed by atoms with Gasteiger partial charge in [0.1, 0.15) is 0 Å². The molecule has 0 saturated heterocycles. The van der Waals surface area contributed by atoms with Crippen LogP contribution in [0.4, 0.5) is 0 Å². The van der Waals surface area contributed by atoms with Gasteiger partial charge in [0.2, 0.25) is 0 Å². The van der Waals surface area contributed by atoms with E-state index in [0.717, 1.165) is 6.32 Å². The van der Waals surface area contributed by atoms with E-state index >= 15 is 0 Å². The van der Waals surface area contributed by atoms with E-state index < -0.39 is 0 Å². The molecule has 0 aromatic rings. The van der Waals surface area contributed by atoms with E-state index in [1.165, 1.54) is 6.92 Å². The molecule has 1 rings (SSSR count). The molecule has 10 heavy (non-hydrogen) atoms. The van der Waals surface area contributed by atoms with Gasteiger partial charge in [-0.3, -0.25) is 0 Å². The van der Waals surface area contributed by atoms with Crippen molar-refractivity contribution < 1.29 is 9.53 Å². The number of hydrogen-bond donors (Lipinski definition) is 1. The molecule has 0 radical (unpaired) electrons. The van der Waals surface area contributed by atoms with E-state index in [0.29, 0.717) is 5.88 Å². The number of rotatable bonds is 1. The fourth-order valence-corrected chi connectivity index (χ4v) is 0.669. The monoisotopic (exact) mass is 135 g/mol. The fourth-order valence-electron chi connectivity index (χ4n) is 0.669. The predicted molar refractivity (Wildman–Crippen MR) is 39.3 cm³/mol. The molecular weight excluding hydrogens is 128 g/mol. The molecule has 0 aromatic carbocycles. The zero-order valence-corrected chi connectivity index (χ0v) is 5.76. The van der Waals surface area contributed by atoms with Gasteiger partial charge in [0.15, 0.2) is 0 Å². The summed E-state index contributed by atoms with van der Waals surface area (Å²) >= 11 is 0. The number of esters is 1. The Morgan fingerprint density at radius 2 is 2.70 bits per heavy atom. The molecule has 0 bridgehead atoms. The summed E-state index contributed by atoms with van der Waals surface area (Å²) in [6.07, 6.45) is 2.62. The van der Waals surface area contributed by atoms with Crippen LogP contribution in [0.3, 0.4) is 0 Å². The Labute approximate surface area is 60.6 Å². The molecule has 5 heteroatoms. The second kappa shape index (κ2) is 3.34. The van der Waals surface area contributed by atoms with Crippen LogP contribution in [-0.4, -0.2) is 19.7 Å². The van der Waals surface area contributed by atoms with Crippen LogP contribution in [0.15, 0.2) is 12.0 Å². The minimum absolute atomic E-state index is 0.297. The summed E-state index contributed by atoms with van der Waals surface area (Å²) in [6, 6.07) is 0. The van der Waals surface area contributed by atoms with Gasteiger partial charge in [0.05, 0.1) is 0 Å². The van der Waals surface area contributed by atoms with Crippen molar-refractivity contribution in [3.8, 4) is 0 Å². The molecule has 0 fully saturated rings. The first-order chi connectivity index (χ1) is 4.79. The van der Waals surface area contributed by atoms with Crippen molar-refractivity contribution in [3.63, 3.8) is 0 Å². The van der Waals surface area contributed by atoms with Crippen molar-refractivity contribution in [1.29, 1.82) is 0 Å². The summed E-state index contributed by atoms with van der Waals surface area (Å²) in [7, 11) is 0. The van der Waals surface area contributed by atoms with Gasteiger partial charge in [-0.05, 0) is 0 Å². The van der Waals surface area contributed by atoms with Gasteiger partial charge in [-0.15, -0.1) is 0 Å². The second-order valence-electron chi connectivity index (χ2n) is 1.94. The van der Waals surface area contributed by atoms with Crippen LogP contribution in [0.1, 0.15) is 6.92 Å². The Bertz CT molecular complexity index is 200. The van der Waals surface area contributed by atoms with Crippen LogP contribution in [0.25, 0.3) is 0 Å². The maximum atomic E-state index is 10.4. The molecule has 0 spiro atoms. The average Bonchev–Trinajstić information content (AvgIpc) is 1.88. The molecule has 3 nitrogen and oxygen atoms in total. The molecule has 50 valence electrons. The Balaban J connectivity index is 2.41. The number of carbonyl (C=O) groups is 1. The third kappa shape index (κ3) is 2.17. The summed E-state index contributed by atoms with van der Waals surface area (Å²) < 4.78 is 4.75. The minimum atomic E-state index is -0.297. The number of nitrogens with one attached hydrogen (secondary N) is 1. The van der Waals surface area contributed by atoms with E-state index in [1.807, 2.05) is 6.80 Å². The van der Waals surface area contributed by atoms with Crippen LogP contribution < -0.4 is 5.23 Å². The summed E-state index contributed by atoms with van der Waals surface area (Å²) in [5.74, 6) is 0.226. The topological polar surface area (TPSA) is 38.3 Å². The van der Waals surface area contributed by atoms with E-state index in [4.69, 9.17) is 4.74 Å². The molecule has 0 unspecified atom stereocenters. The number of carbonyl (C=O) groups excluding carboxylic acids is 1. The zero-order valence-electron chi connectivity index (χ0n) is 5.76. The molecule has 0 saturated carbocycles. The van der Waals surface area contributed by atoms with Crippen LogP contribution >= 0.6 is 0 Å². The SMILES string of the molecule is CC(=O)OC1=CCB=BN1. The van der Waals surface area contributed by atoms with Crippen LogP contribution in [0, 0.1) is 0 Å². The summed E-state index contributed by atoms with van der Waals surface area (Å²) in [5, 5.41) is 2.79. The third-order valence-corrected chi connectivity index (χ3v) is 1.04. The standard InChI is InChI=1S/C5H7B2NO2/c1-4(9)10-5-2-3-6-7-8-5/h2,8H,3H2,1H3. The Morgan fingerprint density at radius 1 is 1.90 bits per heavy atom. The summed E-state index contributed by atoms with van der Waals surface area (Å²) in [5.41, 5.74) is 0. The van der Waals surface area contributed by atoms with Gasteiger partial charge >= 0.3 is 59.7 Å². The molecule has 1 heterocycles. The van der Waals surface area contributed by atoms with Gasteiger partial charge < -0.3 is 0 Å². The number of hydrogen-bond acceptors (Lipinski definition) is 3. The number of allylic oxidation sites excluding steroid dienone is 1. The first kappa shape index (κ1) is 7.25. The van der Waals surface area contributed by atoms with E-state index in [-0.39, 0.29) is 5.97 Å². The third-order valence-electron chi connectivity index (χ3n) is 1.04. The molecule has 1 aliphatic rings. The Morgan fingerprint density at radius 3 is 3.20 bits per heavy atom. The van der Waals surface area contributed by atoms with Crippen molar-refractivity contribution in [2.24, 2.45) is 0 Å². The van der Waals surface area contributed by atoms with Crippen LogP contribution in [-0.2, 0) is 9.53 Å². The van der Waals surface area contributed by atoms with Crippen molar-refractivity contribution >= 4 is 19.7 Å². The first-order valence-electron chi connectivity index (χ1n) is 3.09. The normalized spacial score (nSPS) is 13.9. The van der Waals surface area contributed by atoms with Gasteiger partial charge in [0.25, 0.3) is 0 Å². The molecule has 0 atom stereocenters. The maximum absolute atomic E-state index is 10.4. The van der Waals surface area contributed by atoms with Crippen LogP contribution in [0.2, 0.25) is 6.32 Å². The molecule has 0 aromatic heterocycles. The molecule has 1 N–H and O–H groups in total. The van der Waals surface area contributed by atoms with Gasteiger partial charge in [-0.2, -0.15) is 0 Å². The van der Waals surface area contributed by atoms with Crippen molar-refractivity contribution in [3.05, 3.63) is 12.0 Å². The molecule has 1 aliphatic heterocycles. The Kier molecular flexibility index (Phi) is 2.42. The van der Waals surface area contributed by atoms with E-state index in [1.54, 1.807) is 13.0 Å². The van der Waals surface area contributed by atoms with Crippen molar-refractivity contribution in [1.82, 2.24) is 5.23 Å². The molecule has 0 aliphatic carbocycles. The number of ether oxygens (including phenoxy) is 1. The molecule has 0 amide bonds. The van der Waals surface area contributed by atoms with Gasteiger partial charge in [0, 0.05) is 0 Å². The first-order valence-corrected chi connectivity index (χ1v) is 3.09. The summed E-state index contributed by atoms with van der Waals surface area (Å²) in [6.45, 7) is 5.06. The van der Waals surface area contributed by atoms with E-state index in [9.17, 15) is 4.79 Å². The van der Waals surface area contributed by atoms with E-state index in [2.05, 4.69) is 5.23 Å². The zero-order chi connectivity index (χ0) is 7.40. The van der Waals surface area contributed by atoms with Crippen LogP contribution in [0.5, 0.6) is 0 Å². The Hall–Kier alpha value is -0.860. The predicted octanol–water partition coefficient (Wildman–Crippen LogP) is -0.349. The van der Waals surface area contributed by atoms with Gasteiger partial charge in [-0.1, -0.05) is 0 Å². The quantitative estimate of drug-likeness (QED) is 0.394. The van der Waals surface area contributed by atoms with Gasteiger partial charge in [-0.25, -0.2) is 0 Å². The average molecular weight is 135 g/mol. The molecular formula is C5H7B2NO2. The summed E-state index contributed by atoms with van der Waals surface area (Å²) in [4.78, 5) is 10.4.